The summed E-state index contributed by atoms with van der Waals surface area (Å²) >= 11 is 0. The fraction of sp³-hybridized carbons (Fsp3) is 0.167. The lowest BCUT2D eigenvalue weighted by Crippen LogP contribution is -2.46. The molecule has 6 heteroatoms. The van der Waals surface area contributed by atoms with Crippen LogP contribution in [0.2, 0.25) is 0 Å². The number of para-hydroxylation sites is 2. The van der Waals surface area contributed by atoms with Gasteiger partial charge in [-0.25, -0.2) is 5.01 Å². The Kier molecular flexibility index (Phi) is 6.06. The summed E-state index contributed by atoms with van der Waals surface area (Å²) < 4.78 is 5.74. The van der Waals surface area contributed by atoms with Crippen LogP contribution in [-0.2, 0) is 22.7 Å². The minimum Gasteiger partial charge on any atom is -0.478 e. The Bertz CT molecular complexity index is 967. The van der Waals surface area contributed by atoms with E-state index in [0.29, 0.717) is 24.5 Å². The zero-order valence-corrected chi connectivity index (χ0v) is 16.5. The predicted octanol–water partition coefficient (Wildman–Crippen LogP) is 3.51. The number of nitrogens with zero attached hydrogens (tertiary/aromatic N) is 1. The molecule has 30 heavy (non-hydrogen) atoms. The van der Waals surface area contributed by atoms with Crippen molar-refractivity contribution in [3.8, 4) is 5.75 Å². The van der Waals surface area contributed by atoms with Crippen molar-refractivity contribution < 1.29 is 14.3 Å². The molecule has 0 aliphatic carbocycles. The van der Waals surface area contributed by atoms with Gasteiger partial charge in [0.05, 0.1) is 12.1 Å². The molecule has 3 aromatic carbocycles. The number of fused-ring (bicyclic) bond motifs is 1. The number of carbonyl (C=O) groups is 2. The molecule has 4 rings (SSSR count). The Balaban J connectivity index is 1.42. The lowest BCUT2D eigenvalue weighted by Gasteiger charge is -2.27. The quantitative estimate of drug-likeness (QED) is 0.595. The molecule has 0 spiro atoms. The maximum atomic E-state index is 12.7. The molecule has 2 amide bonds. The summed E-state index contributed by atoms with van der Waals surface area (Å²) in [5.74, 6) is -0.0248. The minimum atomic E-state index is -0.866. The van der Waals surface area contributed by atoms with Crippen LogP contribution in [0.25, 0.3) is 0 Å². The molecule has 1 aliphatic rings. The van der Waals surface area contributed by atoms with E-state index in [1.807, 2.05) is 77.8 Å². The number of rotatable bonds is 7. The zero-order valence-electron chi connectivity index (χ0n) is 16.5. The highest BCUT2D eigenvalue weighted by Crippen LogP contribution is 2.29. The summed E-state index contributed by atoms with van der Waals surface area (Å²) in [6.45, 7) is 1.09. The molecule has 1 heterocycles. The number of anilines is 1. The fourth-order valence-electron chi connectivity index (χ4n) is 3.36. The van der Waals surface area contributed by atoms with Gasteiger partial charge in [0.2, 0.25) is 5.91 Å². The minimum absolute atomic E-state index is 0.0692. The Hall–Kier alpha value is -3.64. The molecule has 3 aromatic rings. The molecule has 0 unspecified atom stereocenters. The van der Waals surface area contributed by atoms with E-state index in [0.717, 1.165) is 11.1 Å². The fourth-order valence-corrected chi connectivity index (χ4v) is 3.36. The number of benzene rings is 3. The van der Waals surface area contributed by atoms with Crippen LogP contribution in [0, 0.1) is 0 Å². The van der Waals surface area contributed by atoms with E-state index in [1.54, 1.807) is 12.1 Å². The van der Waals surface area contributed by atoms with E-state index in [2.05, 4.69) is 10.7 Å². The molecule has 0 radical (unpaired) electrons. The van der Waals surface area contributed by atoms with E-state index in [1.165, 1.54) is 0 Å². The Labute approximate surface area is 175 Å². The molecule has 0 aromatic heterocycles. The summed E-state index contributed by atoms with van der Waals surface area (Å²) in [7, 11) is 0. The first-order valence-electron chi connectivity index (χ1n) is 9.86. The van der Waals surface area contributed by atoms with Crippen LogP contribution in [0.5, 0.6) is 5.75 Å². The maximum Gasteiger partial charge on any atom is 0.266 e. The van der Waals surface area contributed by atoms with Gasteiger partial charge in [0.25, 0.3) is 5.91 Å². The topological polar surface area (TPSA) is 70.7 Å². The second-order valence-electron chi connectivity index (χ2n) is 7.16. The molecule has 152 valence electrons. The van der Waals surface area contributed by atoms with Gasteiger partial charge in [0.1, 0.15) is 5.75 Å². The number of nitrogens with one attached hydrogen (secondary N) is 2. The largest absolute Gasteiger partial charge is 0.478 e. The molecular weight excluding hydrogens is 378 g/mol. The summed E-state index contributed by atoms with van der Waals surface area (Å²) in [6.07, 6.45) is -0.935. The van der Waals surface area contributed by atoms with Crippen molar-refractivity contribution in [1.82, 2.24) is 10.4 Å². The van der Waals surface area contributed by atoms with E-state index in [9.17, 15) is 9.59 Å². The first kappa shape index (κ1) is 19.7. The molecular formula is C24H23N3O3. The summed E-state index contributed by atoms with van der Waals surface area (Å²) in [4.78, 5) is 25.1. The third kappa shape index (κ3) is 5.04. The molecule has 0 saturated carbocycles. The highest BCUT2D eigenvalue weighted by Gasteiger charge is 2.30. The van der Waals surface area contributed by atoms with E-state index in [4.69, 9.17) is 4.74 Å². The zero-order chi connectivity index (χ0) is 20.8. The average Bonchev–Trinajstić information content (AvgIpc) is 2.75. The average molecular weight is 401 g/mol. The summed E-state index contributed by atoms with van der Waals surface area (Å²) in [5.41, 5.74) is 5.72. The molecule has 2 N–H and O–H groups in total. The van der Waals surface area contributed by atoms with Gasteiger partial charge in [-0.15, -0.1) is 0 Å². The van der Waals surface area contributed by atoms with E-state index < -0.39 is 6.10 Å². The van der Waals surface area contributed by atoms with Crippen LogP contribution in [-0.4, -0.2) is 22.9 Å². The van der Waals surface area contributed by atoms with Crippen LogP contribution in [0.4, 0.5) is 5.69 Å². The lowest BCUT2D eigenvalue weighted by atomic mass is 10.1. The third-order valence-electron chi connectivity index (χ3n) is 4.79. The second kappa shape index (κ2) is 9.24. The molecule has 0 bridgehead atoms. The normalized spacial score (nSPS) is 15.1. The van der Waals surface area contributed by atoms with Gasteiger partial charge < -0.3 is 10.1 Å². The molecule has 1 atom stereocenters. The van der Waals surface area contributed by atoms with Crippen molar-refractivity contribution in [2.24, 2.45) is 0 Å². The Morgan fingerprint density at radius 2 is 1.43 bits per heavy atom. The maximum absolute atomic E-state index is 12.7. The molecule has 1 aliphatic heterocycles. The third-order valence-corrected chi connectivity index (χ3v) is 4.79. The van der Waals surface area contributed by atoms with Crippen LogP contribution in [0.3, 0.4) is 0 Å². The van der Waals surface area contributed by atoms with Gasteiger partial charge in [0.15, 0.2) is 6.10 Å². The van der Waals surface area contributed by atoms with Crippen LogP contribution < -0.4 is 15.5 Å². The van der Waals surface area contributed by atoms with Crippen molar-refractivity contribution in [2.75, 3.05) is 5.32 Å². The van der Waals surface area contributed by atoms with Crippen LogP contribution in [0.15, 0.2) is 84.9 Å². The van der Waals surface area contributed by atoms with Crippen molar-refractivity contribution in [1.29, 1.82) is 0 Å². The van der Waals surface area contributed by atoms with Gasteiger partial charge in [-0.2, -0.15) is 0 Å². The Morgan fingerprint density at radius 3 is 2.07 bits per heavy atom. The number of amides is 2. The standard InChI is InChI=1S/C24H23N3O3/c28-23(15-22-24(29)25-20-13-7-8-14-21(20)30-22)26-27(16-18-9-3-1-4-10-18)17-19-11-5-2-6-12-19/h1-14,22H,15-17H2,(H,25,29)(H,26,28)/t22-/m0/s1. The van der Waals surface area contributed by atoms with E-state index in [-0.39, 0.29) is 18.2 Å². The second-order valence-corrected chi connectivity index (χ2v) is 7.16. The predicted molar refractivity (Wildman–Crippen MR) is 114 cm³/mol. The van der Waals surface area contributed by atoms with Crippen molar-refractivity contribution in [2.45, 2.75) is 25.6 Å². The smallest absolute Gasteiger partial charge is 0.266 e. The highest BCUT2D eigenvalue weighted by molar-refractivity contribution is 5.99. The number of hydrogen-bond donors (Lipinski definition) is 2. The van der Waals surface area contributed by atoms with Crippen molar-refractivity contribution in [3.05, 3.63) is 96.1 Å². The van der Waals surface area contributed by atoms with Gasteiger partial charge in [0, 0.05) is 13.1 Å². The molecule has 6 nitrogen and oxygen atoms in total. The Morgan fingerprint density at radius 1 is 0.867 bits per heavy atom. The van der Waals surface area contributed by atoms with E-state index >= 15 is 0 Å². The summed E-state index contributed by atoms with van der Waals surface area (Å²) in [6, 6.07) is 27.0. The number of hydrazine groups is 1. The lowest BCUT2D eigenvalue weighted by molar-refractivity contribution is -0.133. The van der Waals surface area contributed by atoms with Crippen LogP contribution in [0.1, 0.15) is 17.5 Å². The molecule has 0 saturated heterocycles. The van der Waals surface area contributed by atoms with Gasteiger partial charge in [-0.1, -0.05) is 72.8 Å². The monoisotopic (exact) mass is 401 g/mol. The number of ether oxygens (including phenoxy) is 1. The van der Waals surface area contributed by atoms with Crippen molar-refractivity contribution >= 4 is 17.5 Å². The molecule has 0 fully saturated rings. The first-order valence-corrected chi connectivity index (χ1v) is 9.86. The summed E-state index contributed by atoms with van der Waals surface area (Å²) in [5, 5.41) is 4.64. The van der Waals surface area contributed by atoms with Crippen LogP contribution >= 0.6 is 0 Å². The first-order chi connectivity index (χ1) is 14.7. The van der Waals surface area contributed by atoms with Gasteiger partial charge in [-0.3, -0.25) is 15.0 Å². The van der Waals surface area contributed by atoms with Gasteiger partial charge >= 0.3 is 0 Å². The number of carbonyl (C=O) groups excluding carboxylic acids is 2. The highest BCUT2D eigenvalue weighted by atomic mass is 16.5. The number of hydrogen-bond acceptors (Lipinski definition) is 4. The van der Waals surface area contributed by atoms with Crippen molar-refractivity contribution in [3.63, 3.8) is 0 Å². The van der Waals surface area contributed by atoms with Gasteiger partial charge in [-0.05, 0) is 23.3 Å². The SMILES string of the molecule is O=C(C[C@@H]1Oc2ccccc2NC1=O)NN(Cc1ccccc1)Cc1ccccc1.